The van der Waals surface area contributed by atoms with E-state index in [-0.39, 0.29) is 17.8 Å². The second-order valence-electron chi connectivity index (χ2n) is 8.16. The number of amides is 1. The molecule has 164 valence electrons. The number of likely N-dealkylation sites (tertiary alicyclic amines) is 1. The number of nitrogens with one attached hydrogen (secondary N) is 2. The number of rotatable bonds is 7. The average molecular weight is 432 g/mol. The molecule has 6 nitrogen and oxygen atoms in total. The van der Waals surface area contributed by atoms with Gasteiger partial charge in [0.2, 0.25) is 5.91 Å². The molecule has 0 saturated carbocycles. The van der Waals surface area contributed by atoms with Crippen LogP contribution in [-0.4, -0.2) is 39.1 Å². The van der Waals surface area contributed by atoms with Crippen molar-refractivity contribution in [3.63, 3.8) is 0 Å². The van der Waals surface area contributed by atoms with Gasteiger partial charge in [-0.1, -0.05) is 24.3 Å². The number of carbonyl (C=O) groups excluding carboxylic acids is 1. The van der Waals surface area contributed by atoms with Gasteiger partial charge in [-0.05, 0) is 42.7 Å². The van der Waals surface area contributed by atoms with Gasteiger partial charge in [-0.2, -0.15) is 5.10 Å². The Morgan fingerprint density at radius 3 is 3.00 bits per heavy atom. The fourth-order valence-electron chi connectivity index (χ4n) is 4.43. The van der Waals surface area contributed by atoms with E-state index in [0.29, 0.717) is 25.2 Å². The van der Waals surface area contributed by atoms with Gasteiger partial charge in [-0.15, -0.1) is 0 Å². The minimum absolute atomic E-state index is 0.0122. The molecule has 4 aromatic rings. The first-order valence-electron chi connectivity index (χ1n) is 10.9. The summed E-state index contributed by atoms with van der Waals surface area (Å²) in [7, 11) is 0. The summed E-state index contributed by atoms with van der Waals surface area (Å²) in [5.41, 5.74) is 3.89. The standard InChI is InChI=1S/C25H25FN4O2/c26-18-5-3-6-20(14-18)32-12-10-19-15-23(29-28-19)24-9-4-11-30(24)25(31)13-17-16-27-22-8-2-1-7-21(17)22/h1-3,5-8,14-16,24,27H,4,9-13H2,(H,28,29)/t24-/m1/s1. The normalized spacial score (nSPS) is 16.0. The third-order valence-corrected chi connectivity index (χ3v) is 6.02. The molecule has 2 aromatic carbocycles. The molecule has 32 heavy (non-hydrogen) atoms. The zero-order chi connectivity index (χ0) is 21.9. The SMILES string of the molecule is O=C(Cc1c[nH]c2ccccc12)N1CCC[C@@H]1c1cc(CCOc2cccc(F)c2)[nH]n1. The fourth-order valence-corrected chi connectivity index (χ4v) is 4.43. The van der Waals surface area contributed by atoms with Crippen molar-refractivity contribution in [2.24, 2.45) is 0 Å². The number of nitrogens with zero attached hydrogens (tertiary/aromatic N) is 2. The Kier molecular flexibility index (Phi) is 5.62. The maximum Gasteiger partial charge on any atom is 0.227 e. The Hall–Kier alpha value is -3.61. The van der Waals surface area contributed by atoms with Gasteiger partial charge >= 0.3 is 0 Å². The van der Waals surface area contributed by atoms with Crippen molar-refractivity contribution in [1.82, 2.24) is 20.1 Å². The topological polar surface area (TPSA) is 74.0 Å². The van der Waals surface area contributed by atoms with Crippen LogP contribution in [0.5, 0.6) is 5.75 Å². The van der Waals surface area contributed by atoms with Gasteiger partial charge in [0.25, 0.3) is 0 Å². The van der Waals surface area contributed by atoms with E-state index in [2.05, 4.69) is 15.2 Å². The summed E-state index contributed by atoms with van der Waals surface area (Å²) in [4.78, 5) is 18.3. The third kappa shape index (κ3) is 4.23. The van der Waals surface area contributed by atoms with Crippen LogP contribution in [0.15, 0.2) is 60.8 Å². The minimum Gasteiger partial charge on any atom is -0.493 e. The summed E-state index contributed by atoms with van der Waals surface area (Å²) >= 11 is 0. The highest BCUT2D eigenvalue weighted by Gasteiger charge is 2.31. The second kappa shape index (κ2) is 8.86. The number of H-pyrrole nitrogens is 2. The predicted octanol–water partition coefficient (Wildman–Crippen LogP) is 4.56. The predicted molar refractivity (Wildman–Crippen MR) is 120 cm³/mol. The fraction of sp³-hybridized carbons (Fsp3) is 0.280. The van der Waals surface area contributed by atoms with Gasteiger partial charge in [0.1, 0.15) is 11.6 Å². The zero-order valence-electron chi connectivity index (χ0n) is 17.7. The van der Waals surface area contributed by atoms with E-state index in [0.717, 1.165) is 47.2 Å². The molecule has 2 aromatic heterocycles. The maximum absolute atomic E-state index is 13.3. The number of hydrogen-bond donors (Lipinski definition) is 2. The molecule has 1 aliphatic rings. The van der Waals surface area contributed by atoms with Crippen LogP contribution in [0.1, 0.15) is 35.8 Å². The molecule has 3 heterocycles. The second-order valence-corrected chi connectivity index (χ2v) is 8.16. The van der Waals surface area contributed by atoms with Crippen molar-refractivity contribution >= 4 is 16.8 Å². The summed E-state index contributed by atoms with van der Waals surface area (Å²) in [6.45, 7) is 1.16. The molecule has 0 bridgehead atoms. The minimum atomic E-state index is -0.315. The highest BCUT2D eigenvalue weighted by Crippen LogP contribution is 2.32. The van der Waals surface area contributed by atoms with Gasteiger partial charge < -0.3 is 14.6 Å². The van der Waals surface area contributed by atoms with Crippen molar-refractivity contribution in [3.05, 3.63) is 83.6 Å². The monoisotopic (exact) mass is 432 g/mol. The van der Waals surface area contributed by atoms with E-state index in [1.54, 1.807) is 12.1 Å². The van der Waals surface area contributed by atoms with Crippen LogP contribution < -0.4 is 4.74 Å². The largest absolute Gasteiger partial charge is 0.493 e. The van der Waals surface area contributed by atoms with Crippen LogP contribution in [0.25, 0.3) is 10.9 Å². The van der Waals surface area contributed by atoms with Crippen LogP contribution in [0.4, 0.5) is 4.39 Å². The highest BCUT2D eigenvalue weighted by molar-refractivity contribution is 5.89. The van der Waals surface area contributed by atoms with Crippen LogP contribution >= 0.6 is 0 Å². The van der Waals surface area contributed by atoms with Crippen molar-refractivity contribution in [2.75, 3.05) is 13.2 Å². The van der Waals surface area contributed by atoms with E-state index in [1.165, 1.54) is 12.1 Å². The quantitative estimate of drug-likeness (QED) is 0.450. The Bertz CT molecular complexity index is 1230. The number of para-hydroxylation sites is 1. The third-order valence-electron chi connectivity index (χ3n) is 6.02. The van der Waals surface area contributed by atoms with Gasteiger partial charge in [0, 0.05) is 41.8 Å². The number of carbonyl (C=O) groups is 1. The number of aromatic amines is 2. The van der Waals surface area contributed by atoms with E-state index >= 15 is 0 Å². The molecule has 7 heteroatoms. The van der Waals surface area contributed by atoms with Crippen LogP contribution in [0, 0.1) is 5.82 Å². The van der Waals surface area contributed by atoms with Gasteiger partial charge in [0.15, 0.2) is 0 Å². The maximum atomic E-state index is 13.3. The van der Waals surface area contributed by atoms with Gasteiger partial charge in [-0.3, -0.25) is 9.89 Å². The molecule has 0 aliphatic carbocycles. The van der Waals surface area contributed by atoms with Gasteiger partial charge in [0.05, 0.1) is 24.8 Å². The van der Waals surface area contributed by atoms with Crippen LogP contribution in [0.3, 0.4) is 0 Å². The molecular formula is C25H25FN4O2. The van der Waals surface area contributed by atoms with Crippen LogP contribution in [-0.2, 0) is 17.6 Å². The number of halogens is 1. The number of fused-ring (bicyclic) bond motifs is 1. The smallest absolute Gasteiger partial charge is 0.227 e. The summed E-state index contributed by atoms with van der Waals surface area (Å²) in [6, 6.07) is 16.2. The molecule has 1 amide bonds. The first kappa shape index (κ1) is 20.3. The van der Waals surface area contributed by atoms with Crippen molar-refractivity contribution in [1.29, 1.82) is 0 Å². The Morgan fingerprint density at radius 2 is 2.09 bits per heavy atom. The molecule has 1 aliphatic heterocycles. The lowest BCUT2D eigenvalue weighted by molar-refractivity contribution is -0.131. The average Bonchev–Trinajstić information content (AvgIpc) is 3.54. The van der Waals surface area contributed by atoms with Crippen LogP contribution in [0.2, 0.25) is 0 Å². The molecule has 1 saturated heterocycles. The number of ether oxygens (including phenoxy) is 1. The first-order chi connectivity index (χ1) is 15.7. The molecule has 0 unspecified atom stereocenters. The highest BCUT2D eigenvalue weighted by atomic mass is 19.1. The molecule has 2 N–H and O–H groups in total. The number of hydrogen-bond acceptors (Lipinski definition) is 3. The molecular weight excluding hydrogens is 407 g/mol. The van der Waals surface area contributed by atoms with E-state index in [4.69, 9.17) is 4.74 Å². The van der Waals surface area contributed by atoms with E-state index in [9.17, 15) is 9.18 Å². The number of benzene rings is 2. The molecule has 5 rings (SSSR count). The van der Waals surface area contributed by atoms with Crippen molar-refractivity contribution < 1.29 is 13.9 Å². The lowest BCUT2D eigenvalue weighted by atomic mass is 10.1. The van der Waals surface area contributed by atoms with Crippen molar-refractivity contribution in [2.45, 2.75) is 31.7 Å². The lowest BCUT2D eigenvalue weighted by Gasteiger charge is -2.23. The van der Waals surface area contributed by atoms with E-state index in [1.807, 2.05) is 41.4 Å². The Labute approximate surface area is 185 Å². The Morgan fingerprint density at radius 1 is 1.19 bits per heavy atom. The summed E-state index contributed by atoms with van der Waals surface area (Å²) in [6.07, 6.45) is 4.80. The molecule has 0 radical (unpaired) electrons. The molecule has 0 spiro atoms. The summed E-state index contributed by atoms with van der Waals surface area (Å²) in [5, 5.41) is 8.63. The van der Waals surface area contributed by atoms with Crippen molar-refractivity contribution in [3.8, 4) is 5.75 Å². The van der Waals surface area contributed by atoms with Gasteiger partial charge in [-0.25, -0.2) is 4.39 Å². The summed E-state index contributed by atoms with van der Waals surface area (Å²) < 4.78 is 18.9. The Balaban J connectivity index is 1.21. The number of aromatic nitrogens is 3. The lowest BCUT2D eigenvalue weighted by Crippen LogP contribution is -2.32. The summed E-state index contributed by atoms with van der Waals surface area (Å²) in [5.74, 6) is 0.316. The van der Waals surface area contributed by atoms with E-state index < -0.39 is 0 Å². The first-order valence-corrected chi connectivity index (χ1v) is 10.9. The molecule has 1 fully saturated rings. The molecule has 1 atom stereocenters. The zero-order valence-corrected chi connectivity index (χ0v) is 17.7.